The molecule has 108 valence electrons. The van der Waals surface area contributed by atoms with Crippen molar-refractivity contribution < 1.29 is 24.0 Å². The zero-order valence-corrected chi connectivity index (χ0v) is 11.5. The number of Topliss-reactive ketones (excluding diaryl/α,β-unsaturated/α-hetero) is 1. The smallest absolute Gasteiger partial charge is 0.441 e. The summed E-state index contributed by atoms with van der Waals surface area (Å²) >= 11 is 0. The van der Waals surface area contributed by atoms with Crippen LogP contribution < -0.4 is 5.48 Å². The van der Waals surface area contributed by atoms with Crippen molar-refractivity contribution >= 4 is 17.8 Å². The maximum atomic E-state index is 11.5. The standard InChI is InChI=1S/C12H20N2O5/c1-12(2,3)18-11(17)13-19-10(16)9(15)8-14-6-4-5-7-14/h4-8H2,1-3H3,(H,13,17). The third-order valence-electron chi connectivity index (χ3n) is 2.42. The third-order valence-corrected chi connectivity index (χ3v) is 2.42. The molecule has 1 amide bonds. The average Bonchev–Trinajstić information content (AvgIpc) is 2.76. The van der Waals surface area contributed by atoms with Crippen molar-refractivity contribution in [1.82, 2.24) is 10.4 Å². The van der Waals surface area contributed by atoms with Gasteiger partial charge in [0.25, 0.3) is 5.78 Å². The number of carbonyl (C=O) groups excluding carboxylic acids is 3. The molecule has 1 aliphatic heterocycles. The van der Waals surface area contributed by atoms with E-state index in [1.54, 1.807) is 26.3 Å². The normalized spacial score (nSPS) is 15.9. The lowest BCUT2D eigenvalue weighted by Crippen LogP contribution is -2.38. The molecule has 1 N–H and O–H groups in total. The van der Waals surface area contributed by atoms with Crippen LogP contribution in [0.15, 0.2) is 0 Å². The van der Waals surface area contributed by atoms with Crippen molar-refractivity contribution in [3.8, 4) is 0 Å². The molecule has 0 aromatic rings. The second kappa shape index (κ2) is 6.51. The molecule has 0 radical (unpaired) electrons. The van der Waals surface area contributed by atoms with Gasteiger partial charge < -0.3 is 9.57 Å². The summed E-state index contributed by atoms with van der Waals surface area (Å²) in [7, 11) is 0. The Bertz CT molecular complexity index is 356. The maximum Gasteiger partial charge on any atom is 0.441 e. The monoisotopic (exact) mass is 272 g/mol. The molecule has 7 nitrogen and oxygen atoms in total. The van der Waals surface area contributed by atoms with Gasteiger partial charge in [-0.3, -0.25) is 9.69 Å². The van der Waals surface area contributed by atoms with Gasteiger partial charge in [-0.2, -0.15) is 0 Å². The lowest BCUT2D eigenvalue weighted by molar-refractivity contribution is -0.159. The van der Waals surface area contributed by atoms with E-state index in [4.69, 9.17) is 4.74 Å². The van der Waals surface area contributed by atoms with Crippen LogP contribution in [0, 0.1) is 0 Å². The molecule has 0 aromatic carbocycles. The van der Waals surface area contributed by atoms with Gasteiger partial charge in [-0.15, -0.1) is 5.48 Å². The number of nitrogens with zero attached hydrogens (tertiary/aromatic N) is 1. The van der Waals surface area contributed by atoms with E-state index < -0.39 is 23.4 Å². The fourth-order valence-electron chi connectivity index (χ4n) is 1.65. The quantitative estimate of drug-likeness (QED) is 0.599. The predicted octanol–water partition coefficient (Wildman–Crippen LogP) is 0.634. The highest BCUT2D eigenvalue weighted by Gasteiger charge is 2.23. The maximum absolute atomic E-state index is 11.5. The largest absolute Gasteiger partial charge is 0.442 e. The van der Waals surface area contributed by atoms with Crippen LogP contribution in [0.2, 0.25) is 0 Å². The van der Waals surface area contributed by atoms with Crippen LogP contribution >= 0.6 is 0 Å². The number of hydrogen-bond acceptors (Lipinski definition) is 6. The second-order valence-corrected chi connectivity index (χ2v) is 5.40. The van der Waals surface area contributed by atoms with E-state index >= 15 is 0 Å². The van der Waals surface area contributed by atoms with E-state index in [0.717, 1.165) is 25.9 Å². The molecule has 0 unspecified atom stereocenters. The summed E-state index contributed by atoms with van der Waals surface area (Å²) in [6, 6.07) is 0. The molecule has 7 heteroatoms. The Morgan fingerprint density at radius 3 is 2.26 bits per heavy atom. The van der Waals surface area contributed by atoms with Gasteiger partial charge >= 0.3 is 12.1 Å². The summed E-state index contributed by atoms with van der Waals surface area (Å²) < 4.78 is 4.85. The summed E-state index contributed by atoms with van der Waals surface area (Å²) in [5.74, 6) is -1.77. The minimum absolute atomic E-state index is 0.0227. The first kappa shape index (κ1) is 15.4. The van der Waals surface area contributed by atoms with Gasteiger partial charge in [0.05, 0.1) is 6.54 Å². The van der Waals surface area contributed by atoms with Gasteiger partial charge in [0, 0.05) is 0 Å². The zero-order chi connectivity index (χ0) is 14.5. The first-order valence-electron chi connectivity index (χ1n) is 6.23. The molecule has 0 aliphatic carbocycles. The van der Waals surface area contributed by atoms with Crippen LogP contribution in [0.4, 0.5) is 4.79 Å². The summed E-state index contributed by atoms with van der Waals surface area (Å²) in [5, 5.41) is 0. The number of carbonyl (C=O) groups is 3. The average molecular weight is 272 g/mol. The van der Waals surface area contributed by atoms with Crippen molar-refractivity contribution in [3.05, 3.63) is 0 Å². The van der Waals surface area contributed by atoms with Gasteiger partial charge in [-0.25, -0.2) is 9.59 Å². The number of likely N-dealkylation sites (tertiary alicyclic amines) is 1. The Labute approximate surface area is 112 Å². The van der Waals surface area contributed by atoms with Gasteiger partial charge in [0.15, 0.2) is 0 Å². The summed E-state index contributed by atoms with van der Waals surface area (Å²) in [5.41, 5.74) is 1.10. The fourth-order valence-corrected chi connectivity index (χ4v) is 1.65. The molecule has 0 bridgehead atoms. The molecule has 0 spiro atoms. The Morgan fingerprint density at radius 1 is 1.16 bits per heavy atom. The van der Waals surface area contributed by atoms with Crippen LogP contribution in [0.3, 0.4) is 0 Å². The number of ketones is 1. The summed E-state index contributed by atoms with van der Waals surface area (Å²) in [6.45, 7) is 6.65. The van der Waals surface area contributed by atoms with Gasteiger partial charge in [-0.05, 0) is 46.7 Å². The van der Waals surface area contributed by atoms with Crippen molar-refractivity contribution in [2.45, 2.75) is 39.2 Å². The fraction of sp³-hybridized carbons (Fsp3) is 0.750. The highest BCUT2D eigenvalue weighted by atomic mass is 16.7. The van der Waals surface area contributed by atoms with Crippen molar-refractivity contribution in [2.75, 3.05) is 19.6 Å². The van der Waals surface area contributed by atoms with E-state index in [9.17, 15) is 14.4 Å². The van der Waals surface area contributed by atoms with Crippen molar-refractivity contribution in [2.24, 2.45) is 0 Å². The molecule has 1 aliphatic rings. The molecular weight excluding hydrogens is 252 g/mol. The number of amides is 1. The van der Waals surface area contributed by atoms with Crippen LogP contribution in [0.25, 0.3) is 0 Å². The molecule has 1 saturated heterocycles. The topological polar surface area (TPSA) is 84.9 Å². The lowest BCUT2D eigenvalue weighted by atomic mass is 10.2. The van der Waals surface area contributed by atoms with Crippen LogP contribution in [0.5, 0.6) is 0 Å². The summed E-state index contributed by atoms with van der Waals surface area (Å²) in [4.78, 5) is 40.3. The SMILES string of the molecule is CC(C)(C)OC(=O)NOC(=O)C(=O)CN1CCCC1. The minimum Gasteiger partial charge on any atom is -0.442 e. The molecule has 19 heavy (non-hydrogen) atoms. The van der Waals surface area contributed by atoms with Crippen LogP contribution in [-0.4, -0.2) is 48.0 Å². The van der Waals surface area contributed by atoms with E-state index in [-0.39, 0.29) is 6.54 Å². The van der Waals surface area contributed by atoms with Crippen molar-refractivity contribution in [1.29, 1.82) is 0 Å². The van der Waals surface area contributed by atoms with E-state index in [1.807, 2.05) is 4.90 Å². The first-order valence-corrected chi connectivity index (χ1v) is 6.23. The molecule has 0 saturated carbocycles. The molecule has 1 heterocycles. The molecular formula is C12H20N2O5. The predicted molar refractivity (Wildman–Crippen MR) is 66.1 cm³/mol. The van der Waals surface area contributed by atoms with E-state index in [2.05, 4.69) is 4.84 Å². The highest BCUT2D eigenvalue weighted by Crippen LogP contribution is 2.07. The highest BCUT2D eigenvalue weighted by molar-refractivity contribution is 6.34. The van der Waals surface area contributed by atoms with Crippen LogP contribution in [0.1, 0.15) is 33.6 Å². The van der Waals surface area contributed by atoms with Gasteiger partial charge in [0.1, 0.15) is 5.60 Å². The van der Waals surface area contributed by atoms with E-state index in [1.165, 1.54) is 0 Å². The number of rotatable bonds is 3. The molecule has 1 fully saturated rings. The third kappa shape index (κ3) is 6.19. The van der Waals surface area contributed by atoms with E-state index in [0.29, 0.717) is 0 Å². The first-order chi connectivity index (χ1) is 8.78. The Hall–Kier alpha value is -1.63. The number of nitrogens with one attached hydrogen (secondary N) is 1. The number of hydroxylamine groups is 1. The summed E-state index contributed by atoms with van der Waals surface area (Å²) in [6.07, 6.45) is 1.14. The second-order valence-electron chi connectivity index (χ2n) is 5.40. The lowest BCUT2D eigenvalue weighted by Gasteiger charge is -2.19. The van der Waals surface area contributed by atoms with Gasteiger partial charge in [-0.1, -0.05) is 0 Å². The van der Waals surface area contributed by atoms with Crippen LogP contribution in [-0.2, 0) is 19.2 Å². The van der Waals surface area contributed by atoms with Crippen molar-refractivity contribution in [3.63, 3.8) is 0 Å². The Balaban J connectivity index is 2.26. The Morgan fingerprint density at radius 2 is 1.74 bits per heavy atom. The molecule has 1 rings (SSSR count). The number of hydrogen-bond donors (Lipinski definition) is 1. The Kier molecular flexibility index (Phi) is 5.29. The van der Waals surface area contributed by atoms with Gasteiger partial charge in [0.2, 0.25) is 0 Å². The molecule has 0 aromatic heterocycles. The molecule has 0 atom stereocenters. The zero-order valence-electron chi connectivity index (χ0n) is 11.5. The number of ether oxygens (including phenoxy) is 1. The minimum atomic E-state index is -1.09.